The highest BCUT2D eigenvalue weighted by Crippen LogP contribution is 2.44. The van der Waals surface area contributed by atoms with Crippen molar-refractivity contribution < 1.29 is 8.42 Å². The van der Waals surface area contributed by atoms with Gasteiger partial charge in [-0.05, 0) is 24.3 Å². The summed E-state index contributed by atoms with van der Waals surface area (Å²) in [7, 11) is -3.32. The van der Waals surface area contributed by atoms with Gasteiger partial charge in [0.25, 0.3) is 0 Å². The summed E-state index contributed by atoms with van der Waals surface area (Å²) in [6.07, 6.45) is 4.39. The summed E-state index contributed by atoms with van der Waals surface area (Å²) in [6.45, 7) is 0. The molecule has 0 aromatic carbocycles. The van der Waals surface area contributed by atoms with Crippen molar-refractivity contribution in [2.24, 2.45) is 0 Å². The average Bonchev–Trinajstić information content (AvgIpc) is 2.98. The fraction of sp³-hybridized carbons (Fsp3) is 0.400. The molecule has 0 unspecified atom stereocenters. The zero-order valence-corrected chi connectivity index (χ0v) is 10.3. The molecule has 1 aromatic rings. The lowest BCUT2D eigenvalue weighted by molar-refractivity contribution is 0.600. The van der Waals surface area contributed by atoms with Gasteiger partial charge in [0.1, 0.15) is 10.7 Å². The number of hydrogen-bond acceptors (Lipinski definition) is 4. The minimum absolute atomic E-state index is 0.177. The van der Waals surface area contributed by atoms with Gasteiger partial charge in [0.15, 0.2) is 9.84 Å². The third-order valence-electron chi connectivity index (χ3n) is 2.59. The highest BCUT2D eigenvalue weighted by atomic mass is 32.2. The van der Waals surface area contributed by atoms with Gasteiger partial charge in [-0.15, -0.1) is 0 Å². The van der Waals surface area contributed by atoms with Crippen molar-refractivity contribution in [2.75, 3.05) is 6.26 Å². The molecule has 4 nitrogen and oxygen atoms in total. The van der Waals surface area contributed by atoms with E-state index in [9.17, 15) is 8.42 Å². The van der Waals surface area contributed by atoms with Crippen molar-refractivity contribution in [3.8, 4) is 6.07 Å². The van der Waals surface area contributed by atoms with E-state index < -0.39 is 9.84 Å². The highest BCUT2D eigenvalue weighted by molar-refractivity contribution is 7.90. The van der Waals surface area contributed by atoms with E-state index in [0.29, 0.717) is 15.8 Å². The lowest BCUT2D eigenvalue weighted by Gasteiger charge is -2.08. The van der Waals surface area contributed by atoms with Gasteiger partial charge in [-0.1, -0.05) is 12.2 Å². The van der Waals surface area contributed by atoms with Crippen LogP contribution in [0.4, 0.5) is 0 Å². The smallest absolute Gasteiger partial charge is 0.177 e. The zero-order valence-electron chi connectivity index (χ0n) is 8.65. The quantitative estimate of drug-likeness (QED) is 0.818. The monoisotopic (exact) mass is 254 g/mol. The number of aromatic amines is 1. The highest BCUT2D eigenvalue weighted by Gasteiger charge is 2.32. The standard InChI is InChI=1S/C10H10N2O2S2/c1-16(13,14)8-5-12-10(15)7(4-11)9(8)6-2-3-6/h5-6H,2-3H2,1H3,(H,12,15). The summed E-state index contributed by atoms with van der Waals surface area (Å²) in [5.41, 5.74) is 0.911. The maximum absolute atomic E-state index is 11.6. The number of nitriles is 1. The van der Waals surface area contributed by atoms with Crippen LogP contribution in [0.15, 0.2) is 11.1 Å². The molecule has 0 bridgehead atoms. The Hall–Kier alpha value is -1.19. The summed E-state index contributed by atoms with van der Waals surface area (Å²) in [5.74, 6) is 0.177. The van der Waals surface area contributed by atoms with E-state index >= 15 is 0 Å². The summed E-state index contributed by atoms with van der Waals surface area (Å²) in [5, 5.41) is 9.03. The Balaban J connectivity index is 2.82. The van der Waals surface area contributed by atoms with E-state index in [-0.39, 0.29) is 10.8 Å². The molecule has 1 fully saturated rings. The number of aromatic nitrogens is 1. The second kappa shape index (κ2) is 3.68. The average molecular weight is 254 g/mol. The molecular formula is C10H10N2O2S2. The van der Waals surface area contributed by atoms with E-state index in [2.05, 4.69) is 4.98 Å². The summed E-state index contributed by atoms with van der Waals surface area (Å²) < 4.78 is 23.5. The number of sulfone groups is 1. The predicted molar refractivity (Wildman–Crippen MR) is 61.4 cm³/mol. The van der Waals surface area contributed by atoms with Crippen molar-refractivity contribution in [2.45, 2.75) is 23.7 Å². The first-order chi connectivity index (χ1) is 7.45. The Bertz CT molecular complexity index is 634. The molecule has 1 N–H and O–H groups in total. The Kier molecular flexibility index (Phi) is 2.60. The van der Waals surface area contributed by atoms with Crippen LogP contribution in [0.25, 0.3) is 0 Å². The fourth-order valence-corrected chi connectivity index (χ4v) is 2.88. The molecule has 1 aromatic heterocycles. The number of nitrogens with zero attached hydrogens (tertiary/aromatic N) is 1. The molecule has 0 radical (unpaired) electrons. The van der Waals surface area contributed by atoms with E-state index in [1.807, 2.05) is 6.07 Å². The number of rotatable bonds is 2. The third-order valence-corrected chi connectivity index (χ3v) is 4.05. The van der Waals surface area contributed by atoms with Gasteiger partial charge < -0.3 is 4.98 Å². The van der Waals surface area contributed by atoms with Crippen LogP contribution in [0, 0.1) is 16.0 Å². The van der Waals surface area contributed by atoms with Crippen LogP contribution in [0.2, 0.25) is 0 Å². The largest absolute Gasteiger partial charge is 0.350 e. The van der Waals surface area contributed by atoms with E-state index in [0.717, 1.165) is 19.1 Å². The van der Waals surface area contributed by atoms with Gasteiger partial charge >= 0.3 is 0 Å². The first kappa shape index (κ1) is 11.3. The Morgan fingerprint density at radius 3 is 2.62 bits per heavy atom. The van der Waals surface area contributed by atoms with Crippen LogP contribution in [0.3, 0.4) is 0 Å². The molecule has 16 heavy (non-hydrogen) atoms. The van der Waals surface area contributed by atoms with Crippen molar-refractivity contribution in [3.05, 3.63) is 22.0 Å². The molecule has 0 amide bonds. The number of hydrogen-bond donors (Lipinski definition) is 1. The molecule has 2 rings (SSSR count). The molecule has 1 aliphatic carbocycles. The second-order valence-corrected chi connectivity index (χ2v) is 6.32. The normalized spacial score (nSPS) is 15.8. The molecule has 1 heterocycles. The number of nitrogens with one attached hydrogen (secondary N) is 1. The summed E-state index contributed by atoms with van der Waals surface area (Å²) >= 11 is 5.00. The molecule has 84 valence electrons. The lowest BCUT2D eigenvalue weighted by atomic mass is 10.1. The van der Waals surface area contributed by atoms with Crippen molar-refractivity contribution in [1.29, 1.82) is 5.26 Å². The van der Waals surface area contributed by atoms with E-state index in [1.165, 1.54) is 6.20 Å². The lowest BCUT2D eigenvalue weighted by Crippen LogP contribution is -2.05. The predicted octanol–water partition coefficient (Wildman–Crippen LogP) is 1.90. The molecule has 1 saturated carbocycles. The Labute approximate surface area is 98.8 Å². The molecule has 0 aliphatic heterocycles. The Morgan fingerprint density at radius 2 is 2.19 bits per heavy atom. The minimum Gasteiger partial charge on any atom is -0.350 e. The number of H-pyrrole nitrogens is 1. The van der Waals surface area contributed by atoms with Crippen LogP contribution in [-0.2, 0) is 9.84 Å². The molecule has 1 aliphatic rings. The van der Waals surface area contributed by atoms with Gasteiger partial charge in [0.05, 0.1) is 10.5 Å². The van der Waals surface area contributed by atoms with E-state index in [1.54, 1.807) is 0 Å². The molecule has 6 heteroatoms. The van der Waals surface area contributed by atoms with Crippen LogP contribution in [0.5, 0.6) is 0 Å². The van der Waals surface area contributed by atoms with Crippen LogP contribution in [-0.4, -0.2) is 19.7 Å². The molecule has 0 saturated heterocycles. The van der Waals surface area contributed by atoms with Crippen molar-refractivity contribution in [1.82, 2.24) is 4.98 Å². The number of pyridine rings is 1. The van der Waals surface area contributed by atoms with E-state index in [4.69, 9.17) is 17.5 Å². The minimum atomic E-state index is -3.32. The van der Waals surface area contributed by atoms with Gasteiger partial charge in [-0.25, -0.2) is 8.42 Å². The van der Waals surface area contributed by atoms with Gasteiger partial charge in [0.2, 0.25) is 0 Å². The topological polar surface area (TPSA) is 73.7 Å². The van der Waals surface area contributed by atoms with Crippen molar-refractivity contribution >= 4 is 22.1 Å². The third kappa shape index (κ3) is 1.88. The van der Waals surface area contributed by atoms with Gasteiger partial charge in [-0.3, -0.25) is 0 Å². The SMILES string of the molecule is CS(=O)(=O)c1c[nH]c(=S)c(C#N)c1C1CC1. The molecule has 0 spiro atoms. The maximum atomic E-state index is 11.6. The first-order valence-electron chi connectivity index (χ1n) is 4.81. The van der Waals surface area contributed by atoms with Crippen LogP contribution in [0.1, 0.15) is 29.9 Å². The van der Waals surface area contributed by atoms with Crippen LogP contribution >= 0.6 is 12.2 Å². The van der Waals surface area contributed by atoms with Gasteiger partial charge in [-0.2, -0.15) is 5.26 Å². The molecule has 0 atom stereocenters. The second-order valence-electron chi connectivity index (χ2n) is 3.93. The summed E-state index contributed by atoms with van der Waals surface area (Å²) in [4.78, 5) is 2.87. The van der Waals surface area contributed by atoms with Crippen molar-refractivity contribution in [3.63, 3.8) is 0 Å². The van der Waals surface area contributed by atoms with Gasteiger partial charge in [0, 0.05) is 12.5 Å². The van der Waals surface area contributed by atoms with Crippen LogP contribution < -0.4 is 0 Å². The first-order valence-corrected chi connectivity index (χ1v) is 7.11. The zero-order chi connectivity index (χ0) is 11.9. The maximum Gasteiger partial charge on any atom is 0.177 e. The Morgan fingerprint density at radius 1 is 1.56 bits per heavy atom. The molecular weight excluding hydrogens is 244 g/mol. The fourth-order valence-electron chi connectivity index (χ4n) is 1.72. The summed E-state index contributed by atoms with van der Waals surface area (Å²) in [6, 6.07) is 2.00.